The van der Waals surface area contributed by atoms with Crippen molar-refractivity contribution in [3.8, 4) is 17.6 Å². The predicted molar refractivity (Wildman–Crippen MR) is 154 cm³/mol. The lowest BCUT2D eigenvalue weighted by Crippen LogP contribution is -2.53. The van der Waals surface area contributed by atoms with Crippen LogP contribution in [0.1, 0.15) is 35.1 Å². The fourth-order valence-electron chi connectivity index (χ4n) is 5.62. The van der Waals surface area contributed by atoms with Crippen LogP contribution in [0.15, 0.2) is 67.1 Å². The van der Waals surface area contributed by atoms with Gasteiger partial charge in [0.25, 0.3) is 0 Å². The maximum absolute atomic E-state index is 14.8. The Balaban J connectivity index is 1.36. The van der Waals surface area contributed by atoms with Gasteiger partial charge in [-0.05, 0) is 54.3 Å². The average Bonchev–Trinajstić information content (AvgIpc) is 3.36. The number of alkyl halides is 3. The maximum atomic E-state index is 14.8. The van der Waals surface area contributed by atoms with Gasteiger partial charge in [-0.2, -0.15) is 18.4 Å². The summed E-state index contributed by atoms with van der Waals surface area (Å²) in [6, 6.07) is 14.8. The number of piperidine rings is 1. The molecule has 44 heavy (non-hydrogen) atoms. The number of hydrogen-bond acceptors (Lipinski definition) is 7. The monoisotopic (exact) mass is 608 g/mol. The van der Waals surface area contributed by atoms with E-state index in [1.54, 1.807) is 52.2 Å². The number of carboxylic acids is 1. The molecule has 5 rings (SSSR count). The first kappa shape index (κ1) is 30.8. The number of rotatable bonds is 10. The van der Waals surface area contributed by atoms with Gasteiger partial charge in [-0.15, -0.1) is 0 Å². The highest BCUT2D eigenvalue weighted by atomic mass is 19.4. The SMILES string of the molecule is COc1cc(CC(=O)O)ccc1OC1CCN(CC(O)(c2cn(Cc3cccnc3)c3cc(C#N)ccc23)C(F)(F)F)CC1. The smallest absolute Gasteiger partial charge is 0.422 e. The molecule has 3 heterocycles. The number of pyridine rings is 1. The number of halogens is 3. The summed E-state index contributed by atoms with van der Waals surface area (Å²) in [5, 5.41) is 30.2. The largest absolute Gasteiger partial charge is 0.493 e. The maximum Gasteiger partial charge on any atom is 0.422 e. The van der Waals surface area contributed by atoms with Crippen molar-refractivity contribution in [3.05, 3.63) is 89.4 Å². The molecular formula is C32H31F3N4O5. The lowest BCUT2D eigenvalue weighted by Gasteiger charge is -2.39. The Labute approximate surface area is 251 Å². The Morgan fingerprint density at radius 3 is 2.52 bits per heavy atom. The zero-order valence-corrected chi connectivity index (χ0v) is 23.9. The summed E-state index contributed by atoms with van der Waals surface area (Å²) >= 11 is 0. The number of ether oxygens (including phenoxy) is 2. The second-order valence-electron chi connectivity index (χ2n) is 10.9. The normalized spacial score (nSPS) is 15.9. The summed E-state index contributed by atoms with van der Waals surface area (Å²) < 4.78 is 57.4. The number of benzene rings is 2. The standard InChI is InChI=1S/C32H31F3N4O5/c1-43-29-14-21(15-30(40)41)5-7-28(29)44-24-8-11-38(12-9-24)20-31(42,32(33,34)35)26-19-39(18-23-3-2-10-37-17-23)27-13-22(16-36)4-6-25(26)27/h2-7,10,13-14,17,19,24,42H,8-9,11-12,15,18,20H2,1H3,(H,40,41). The van der Waals surface area contributed by atoms with Crippen LogP contribution in [0.5, 0.6) is 11.5 Å². The fourth-order valence-corrected chi connectivity index (χ4v) is 5.62. The number of likely N-dealkylation sites (tertiary alicyclic amines) is 1. The number of nitriles is 1. The molecule has 0 saturated carbocycles. The number of hydrogen-bond donors (Lipinski definition) is 2. The van der Waals surface area contributed by atoms with E-state index in [-0.39, 0.29) is 43.1 Å². The van der Waals surface area contributed by atoms with Crippen molar-refractivity contribution in [2.45, 2.75) is 43.7 Å². The topological polar surface area (TPSA) is 121 Å². The quantitative estimate of drug-likeness (QED) is 0.261. The molecule has 230 valence electrons. The molecule has 1 unspecified atom stereocenters. The number of carbonyl (C=O) groups is 1. The molecule has 0 spiro atoms. The third kappa shape index (κ3) is 6.49. The van der Waals surface area contributed by atoms with Crippen LogP contribution in [0.3, 0.4) is 0 Å². The highest BCUT2D eigenvalue weighted by Gasteiger charge is 2.57. The average molecular weight is 609 g/mol. The minimum absolute atomic E-state index is 0.168. The Morgan fingerprint density at radius 2 is 1.89 bits per heavy atom. The van der Waals surface area contributed by atoms with E-state index in [1.165, 1.54) is 31.5 Å². The van der Waals surface area contributed by atoms with E-state index in [0.717, 1.165) is 5.56 Å². The van der Waals surface area contributed by atoms with Crippen LogP contribution >= 0.6 is 0 Å². The van der Waals surface area contributed by atoms with Crippen molar-refractivity contribution >= 4 is 16.9 Å². The summed E-state index contributed by atoms with van der Waals surface area (Å²) in [5.41, 5.74) is -1.46. The summed E-state index contributed by atoms with van der Waals surface area (Å²) in [6.45, 7) is 0.0177. The molecule has 4 aromatic rings. The van der Waals surface area contributed by atoms with Gasteiger partial charge in [-0.3, -0.25) is 14.7 Å². The lowest BCUT2D eigenvalue weighted by molar-refractivity contribution is -0.272. The minimum atomic E-state index is -4.99. The summed E-state index contributed by atoms with van der Waals surface area (Å²) in [5.74, 6) is -0.179. The minimum Gasteiger partial charge on any atom is -0.493 e. The molecule has 0 aliphatic carbocycles. The Morgan fingerprint density at radius 1 is 1.11 bits per heavy atom. The Bertz CT molecular complexity index is 1680. The van der Waals surface area contributed by atoms with E-state index in [9.17, 15) is 28.3 Å². The lowest BCUT2D eigenvalue weighted by atomic mass is 9.90. The number of β-amino-alcohol motifs (C(OH)–C–C–N with tert-alkyl or cyclic N) is 1. The van der Waals surface area contributed by atoms with E-state index >= 15 is 0 Å². The van der Waals surface area contributed by atoms with E-state index < -0.39 is 24.3 Å². The number of aromatic nitrogens is 2. The van der Waals surface area contributed by atoms with Crippen LogP contribution in [0.2, 0.25) is 0 Å². The fraction of sp³-hybridized carbons (Fsp3) is 0.344. The van der Waals surface area contributed by atoms with Crippen molar-refractivity contribution in [1.29, 1.82) is 5.26 Å². The molecule has 1 aliphatic heterocycles. The molecule has 1 aliphatic rings. The molecule has 2 N–H and O–H groups in total. The van der Waals surface area contributed by atoms with Crippen molar-refractivity contribution < 1.29 is 37.7 Å². The second-order valence-corrected chi connectivity index (χ2v) is 10.9. The van der Waals surface area contributed by atoms with E-state index in [0.29, 0.717) is 41.0 Å². The second kappa shape index (κ2) is 12.6. The number of aliphatic hydroxyl groups is 1. The van der Waals surface area contributed by atoms with Crippen LogP contribution in [-0.2, 0) is 23.4 Å². The van der Waals surface area contributed by atoms with Crippen molar-refractivity contribution in [2.24, 2.45) is 0 Å². The highest BCUT2D eigenvalue weighted by molar-refractivity contribution is 5.86. The molecule has 0 amide bonds. The van der Waals surface area contributed by atoms with Gasteiger partial charge in [0.2, 0.25) is 5.60 Å². The molecule has 1 atom stereocenters. The molecule has 1 fully saturated rings. The Kier molecular flexibility index (Phi) is 8.80. The van der Waals surface area contributed by atoms with Gasteiger partial charge < -0.3 is 24.3 Å². The molecule has 2 aromatic heterocycles. The number of nitrogens with zero attached hydrogens (tertiary/aromatic N) is 4. The first-order valence-electron chi connectivity index (χ1n) is 14.0. The Hall–Kier alpha value is -4.60. The van der Waals surface area contributed by atoms with Crippen molar-refractivity contribution in [3.63, 3.8) is 0 Å². The molecule has 2 aromatic carbocycles. The van der Waals surface area contributed by atoms with E-state index in [1.807, 2.05) is 6.07 Å². The first-order chi connectivity index (χ1) is 21.0. The first-order valence-corrected chi connectivity index (χ1v) is 14.0. The van der Waals surface area contributed by atoms with Crippen LogP contribution in [0.4, 0.5) is 13.2 Å². The van der Waals surface area contributed by atoms with Crippen LogP contribution in [-0.4, -0.2) is 69.7 Å². The highest BCUT2D eigenvalue weighted by Crippen LogP contribution is 2.44. The molecule has 0 radical (unpaired) electrons. The molecular weight excluding hydrogens is 577 g/mol. The number of methoxy groups -OCH3 is 1. The predicted octanol–water partition coefficient (Wildman–Crippen LogP) is 4.89. The molecule has 12 heteroatoms. The van der Waals surface area contributed by atoms with Gasteiger partial charge >= 0.3 is 12.1 Å². The van der Waals surface area contributed by atoms with Crippen LogP contribution < -0.4 is 9.47 Å². The third-order valence-electron chi connectivity index (χ3n) is 7.87. The number of fused-ring (bicyclic) bond motifs is 1. The zero-order chi connectivity index (χ0) is 31.5. The summed E-state index contributed by atoms with van der Waals surface area (Å²) in [7, 11) is 1.45. The molecule has 0 bridgehead atoms. The van der Waals surface area contributed by atoms with Gasteiger partial charge in [0, 0.05) is 55.7 Å². The summed E-state index contributed by atoms with van der Waals surface area (Å²) in [4.78, 5) is 16.7. The van der Waals surface area contributed by atoms with Gasteiger partial charge in [-0.25, -0.2) is 0 Å². The van der Waals surface area contributed by atoms with Gasteiger partial charge in [-0.1, -0.05) is 18.2 Å². The van der Waals surface area contributed by atoms with E-state index in [4.69, 9.17) is 14.6 Å². The van der Waals surface area contributed by atoms with Gasteiger partial charge in [0.1, 0.15) is 6.10 Å². The van der Waals surface area contributed by atoms with Crippen LogP contribution in [0.25, 0.3) is 10.9 Å². The third-order valence-corrected chi connectivity index (χ3v) is 7.87. The molecule has 1 saturated heterocycles. The summed E-state index contributed by atoms with van der Waals surface area (Å²) in [6.07, 6.45) is -0.127. The zero-order valence-electron chi connectivity index (χ0n) is 23.9. The molecule has 9 nitrogen and oxygen atoms in total. The van der Waals surface area contributed by atoms with Crippen molar-refractivity contribution in [1.82, 2.24) is 14.5 Å². The van der Waals surface area contributed by atoms with Gasteiger partial charge in [0.05, 0.1) is 30.7 Å². The van der Waals surface area contributed by atoms with Crippen molar-refractivity contribution in [2.75, 3.05) is 26.7 Å². The van der Waals surface area contributed by atoms with Crippen LogP contribution in [0, 0.1) is 11.3 Å². The number of carboxylic acid groups (broad SMARTS) is 1. The van der Waals surface area contributed by atoms with E-state index in [2.05, 4.69) is 4.98 Å². The number of aliphatic carboxylic acids is 1. The van der Waals surface area contributed by atoms with Gasteiger partial charge in [0.15, 0.2) is 11.5 Å².